The molecule has 2 N–H and O–H groups in total. The van der Waals surface area contributed by atoms with Crippen molar-refractivity contribution >= 4 is 23.0 Å². The number of aliphatic hydroxyl groups is 1. The molecule has 1 atom stereocenters. The predicted molar refractivity (Wildman–Crippen MR) is 107 cm³/mol. The van der Waals surface area contributed by atoms with Crippen LogP contribution in [0.2, 0.25) is 0 Å². The molecule has 1 aromatic heterocycles. The van der Waals surface area contributed by atoms with Crippen LogP contribution in [0.25, 0.3) is 0 Å². The van der Waals surface area contributed by atoms with Crippen LogP contribution in [0.5, 0.6) is 11.5 Å². The minimum absolute atomic E-state index is 0.0394. The molecule has 2 aromatic rings. The number of aryl methyl sites for hydroxylation is 2. The Balaban J connectivity index is 2.12. The van der Waals surface area contributed by atoms with Gasteiger partial charge in [0.25, 0.3) is 5.91 Å². The van der Waals surface area contributed by atoms with E-state index in [-0.39, 0.29) is 30.2 Å². The highest BCUT2D eigenvalue weighted by Crippen LogP contribution is 2.42. The number of phenolic OH excluding ortho intramolecular Hbond substituents is 1. The van der Waals surface area contributed by atoms with E-state index in [0.29, 0.717) is 21.1 Å². The number of carbonyl (C=O) groups is 2. The van der Waals surface area contributed by atoms with Crippen LogP contribution in [0.15, 0.2) is 29.5 Å². The topological polar surface area (TPSA) is 109 Å². The maximum Gasteiger partial charge on any atom is 0.290 e. The number of hydrogen-bond donors (Lipinski definition) is 2. The lowest BCUT2D eigenvalue weighted by Gasteiger charge is -2.26. The number of carbonyl (C=O) groups excluding carboxylic acids is 2. The van der Waals surface area contributed by atoms with Crippen LogP contribution in [0, 0.1) is 13.8 Å². The van der Waals surface area contributed by atoms with E-state index in [1.54, 1.807) is 26.0 Å². The molecule has 3 rings (SSSR count). The Bertz CT molecular complexity index is 997. The fraction of sp³-hybridized carbons (Fsp3) is 0.350. The number of ketones is 1. The maximum absolute atomic E-state index is 13.3. The molecule has 1 aliphatic heterocycles. The summed E-state index contributed by atoms with van der Waals surface area (Å²) in [6, 6.07) is 3.74. The standard InChI is InChI=1S/C20H22N2O6S/c1-10-19(29-11(2)21-10)17(24)15-16(12-5-6-14(28-4)13(23)9-12)22(7-8-27-3)20(26)18(15)25/h5-6,9,16,23,25H,7-8H2,1-4H3. The van der Waals surface area contributed by atoms with Gasteiger partial charge in [-0.3, -0.25) is 9.59 Å². The molecule has 0 spiro atoms. The SMILES string of the molecule is COCCN1C(=O)C(O)=C(C(=O)c2sc(C)nc2C)C1c1ccc(OC)c(O)c1. The van der Waals surface area contributed by atoms with Gasteiger partial charge < -0.3 is 24.6 Å². The normalized spacial score (nSPS) is 16.6. The molecule has 0 saturated heterocycles. The molecule has 1 aromatic carbocycles. The Morgan fingerprint density at radius 1 is 1.28 bits per heavy atom. The lowest BCUT2D eigenvalue weighted by atomic mass is 9.94. The van der Waals surface area contributed by atoms with Gasteiger partial charge in [-0.25, -0.2) is 4.98 Å². The first-order valence-corrected chi connectivity index (χ1v) is 9.70. The van der Waals surface area contributed by atoms with Gasteiger partial charge in [0.1, 0.15) is 0 Å². The third-order valence-electron chi connectivity index (χ3n) is 4.71. The molecule has 0 fully saturated rings. The Morgan fingerprint density at radius 2 is 2.00 bits per heavy atom. The quantitative estimate of drug-likeness (QED) is 0.666. The van der Waals surface area contributed by atoms with Crippen LogP contribution in [0.3, 0.4) is 0 Å². The fourth-order valence-corrected chi connectivity index (χ4v) is 4.27. The minimum atomic E-state index is -0.872. The van der Waals surface area contributed by atoms with E-state index in [1.807, 2.05) is 0 Å². The lowest BCUT2D eigenvalue weighted by Crippen LogP contribution is -2.34. The number of amides is 1. The number of phenols is 1. The van der Waals surface area contributed by atoms with Gasteiger partial charge in [0, 0.05) is 13.7 Å². The summed E-state index contributed by atoms with van der Waals surface area (Å²) in [5.74, 6) is -1.59. The zero-order chi connectivity index (χ0) is 21.3. The van der Waals surface area contributed by atoms with E-state index in [4.69, 9.17) is 9.47 Å². The van der Waals surface area contributed by atoms with Crippen molar-refractivity contribution in [1.82, 2.24) is 9.88 Å². The Hall–Kier alpha value is -2.91. The number of benzene rings is 1. The molecule has 2 heterocycles. The molecule has 154 valence electrons. The third kappa shape index (κ3) is 3.70. The van der Waals surface area contributed by atoms with Gasteiger partial charge in [0.15, 0.2) is 17.3 Å². The fourth-order valence-electron chi connectivity index (χ4n) is 3.39. The highest BCUT2D eigenvalue weighted by molar-refractivity contribution is 7.14. The monoisotopic (exact) mass is 418 g/mol. The van der Waals surface area contributed by atoms with E-state index < -0.39 is 23.5 Å². The molecule has 8 nitrogen and oxygen atoms in total. The number of aromatic hydroxyl groups is 1. The zero-order valence-electron chi connectivity index (χ0n) is 16.6. The summed E-state index contributed by atoms with van der Waals surface area (Å²) in [6.45, 7) is 3.88. The number of aliphatic hydroxyl groups excluding tert-OH is 1. The average molecular weight is 418 g/mol. The van der Waals surface area contributed by atoms with Gasteiger partial charge in [-0.15, -0.1) is 11.3 Å². The van der Waals surface area contributed by atoms with Gasteiger partial charge in [0.05, 0.1) is 40.9 Å². The van der Waals surface area contributed by atoms with Crippen molar-refractivity contribution in [3.8, 4) is 11.5 Å². The molecule has 9 heteroatoms. The molecule has 29 heavy (non-hydrogen) atoms. The van der Waals surface area contributed by atoms with Crippen LogP contribution >= 0.6 is 11.3 Å². The lowest BCUT2D eigenvalue weighted by molar-refractivity contribution is -0.130. The van der Waals surface area contributed by atoms with Crippen molar-refractivity contribution < 1.29 is 29.3 Å². The van der Waals surface area contributed by atoms with Crippen molar-refractivity contribution in [3.05, 3.63) is 50.7 Å². The molecule has 0 bridgehead atoms. The number of aromatic nitrogens is 1. The zero-order valence-corrected chi connectivity index (χ0v) is 17.4. The Morgan fingerprint density at radius 3 is 2.55 bits per heavy atom. The van der Waals surface area contributed by atoms with Crippen LogP contribution < -0.4 is 4.74 Å². The summed E-state index contributed by atoms with van der Waals surface area (Å²) in [5, 5.41) is 21.5. The number of thiazole rings is 1. The highest BCUT2D eigenvalue weighted by Gasteiger charge is 2.44. The second-order valence-corrected chi connectivity index (χ2v) is 7.77. The van der Waals surface area contributed by atoms with Gasteiger partial charge in [-0.1, -0.05) is 6.07 Å². The third-order valence-corrected chi connectivity index (χ3v) is 5.78. The molecule has 1 amide bonds. The van der Waals surface area contributed by atoms with E-state index in [0.717, 1.165) is 0 Å². The second-order valence-electron chi connectivity index (χ2n) is 6.56. The smallest absolute Gasteiger partial charge is 0.290 e. The van der Waals surface area contributed by atoms with E-state index >= 15 is 0 Å². The van der Waals surface area contributed by atoms with Gasteiger partial charge in [-0.05, 0) is 31.5 Å². The molecule has 0 aliphatic carbocycles. The van der Waals surface area contributed by atoms with Crippen LogP contribution in [0.1, 0.15) is 32.0 Å². The average Bonchev–Trinajstić information content (AvgIpc) is 3.15. The van der Waals surface area contributed by atoms with Crippen LogP contribution in [-0.2, 0) is 9.53 Å². The van der Waals surface area contributed by atoms with Crippen molar-refractivity contribution in [3.63, 3.8) is 0 Å². The first-order chi connectivity index (χ1) is 13.8. The van der Waals surface area contributed by atoms with Crippen LogP contribution in [0.4, 0.5) is 0 Å². The summed E-state index contributed by atoms with van der Waals surface area (Å²) in [5.41, 5.74) is 0.971. The first kappa shape index (κ1) is 20.8. The molecular weight excluding hydrogens is 396 g/mol. The minimum Gasteiger partial charge on any atom is -0.504 e. The number of Topliss-reactive ketones (excluding diaryl/α,β-unsaturated/α-hetero) is 1. The summed E-state index contributed by atoms with van der Waals surface area (Å²) in [6.07, 6.45) is 0. The van der Waals surface area contributed by atoms with E-state index in [9.17, 15) is 19.8 Å². The predicted octanol–water partition coefficient (Wildman–Crippen LogP) is 2.70. The summed E-state index contributed by atoms with van der Waals surface area (Å²) in [7, 11) is 2.92. The Kier molecular flexibility index (Phi) is 5.90. The summed E-state index contributed by atoms with van der Waals surface area (Å²) in [4.78, 5) is 32.0. The van der Waals surface area contributed by atoms with Gasteiger partial charge in [0.2, 0.25) is 5.78 Å². The van der Waals surface area contributed by atoms with E-state index in [1.165, 1.54) is 36.5 Å². The molecular formula is C20H22N2O6S. The number of ether oxygens (including phenoxy) is 2. The number of rotatable bonds is 7. The maximum atomic E-state index is 13.3. The van der Waals surface area contributed by atoms with Crippen LogP contribution in [-0.4, -0.2) is 59.2 Å². The number of nitrogens with zero attached hydrogens (tertiary/aromatic N) is 2. The van der Waals surface area contributed by atoms with E-state index in [2.05, 4.69) is 4.98 Å². The highest BCUT2D eigenvalue weighted by atomic mass is 32.1. The number of methoxy groups -OCH3 is 2. The van der Waals surface area contributed by atoms with Gasteiger partial charge >= 0.3 is 0 Å². The largest absolute Gasteiger partial charge is 0.504 e. The summed E-state index contributed by atoms with van der Waals surface area (Å²) >= 11 is 1.21. The first-order valence-electron chi connectivity index (χ1n) is 8.88. The van der Waals surface area contributed by atoms with Crippen molar-refractivity contribution in [1.29, 1.82) is 0 Å². The molecule has 1 unspecified atom stereocenters. The molecule has 1 aliphatic rings. The van der Waals surface area contributed by atoms with Crippen molar-refractivity contribution in [2.75, 3.05) is 27.4 Å². The molecule has 0 saturated carbocycles. The Labute approximate surface area is 172 Å². The summed E-state index contributed by atoms with van der Waals surface area (Å²) < 4.78 is 10.2. The van der Waals surface area contributed by atoms with Gasteiger partial charge in [-0.2, -0.15) is 0 Å². The number of hydrogen-bond acceptors (Lipinski definition) is 8. The van der Waals surface area contributed by atoms with Crippen molar-refractivity contribution in [2.45, 2.75) is 19.9 Å². The second kappa shape index (κ2) is 8.22. The van der Waals surface area contributed by atoms with Crippen molar-refractivity contribution in [2.24, 2.45) is 0 Å². The molecule has 0 radical (unpaired) electrons.